The van der Waals surface area contributed by atoms with Gasteiger partial charge in [0, 0.05) is 10.9 Å². The second kappa shape index (κ2) is 5.63. The van der Waals surface area contributed by atoms with Crippen LogP contribution in [0.25, 0.3) is 22.6 Å². The highest BCUT2D eigenvalue weighted by molar-refractivity contribution is 7.08. The lowest BCUT2D eigenvalue weighted by atomic mass is 9.86. The molecule has 4 rings (SSSR count). The van der Waals surface area contributed by atoms with E-state index in [1.54, 1.807) is 11.3 Å². The lowest BCUT2D eigenvalue weighted by Crippen LogP contribution is -2.26. The zero-order valence-electron chi connectivity index (χ0n) is 12.4. The van der Waals surface area contributed by atoms with Crippen LogP contribution in [-0.2, 0) is 6.42 Å². The van der Waals surface area contributed by atoms with E-state index in [1.165, 1.54) is 0 Å². The first-order valence-electron chi connectivity index (χ1n) is 7.60. The molecule has 0 aliphatic heterocycles. The highest BCUT2D eigenvalue weighted by Crippen LogP contribution is 2.35. The Balaban J connectivity index is 2.01. The highest BCUT2D eigenvalue weighted by atomic mass is 32.1. The maximum absolute atomic E-state index is 11.8. The van der Waals surface area contributed by atoms with Gasteiger partial charge in [-0.05, 0) is 64.9 Å². The summed E-state index contributed by atoms with van der Waals surface area (Å²) in [5.41, 5.74) is 4.91. The van der Waals surface area contributed by atoms with Gasteiger partial charge in [0.1, 0.15) is 0 Å². The third-order valence-electron chi connectivity index (χ3n) is 4.26. The molecule has 0 fully saturated rings. The molecule has 0 spiro atoms. The van der Waals surface area contributed by atoms with Crippen LogP contribution >= 0.6 is 11.3 Å². The van der Waals surface area contributed by atoms with Gasteiger partial charge in [-0.25, -0.2) is 4.98 Å². The molecule has 0 atom stereocenters. The molecule has 3 aromatic rings. The van der Waals surface area contributed by atoms with Gasteiger partial charge in [-0.15, -0.1) is 0 Å². The number of carbonyl (C=O) groups is 1. The maximum atomic E-state index is 11.8. The summed E-state index contributed by atoms with van der Waals surface area (Å²) < 4.78 is 0. The molecule has 1 aliphatic rings. The van der Waals surface area contributed by atoms with Crippen molar-refractivity contribution in [3.8, 4) is 0 Å². The van der Waals surface area contributed by atoms with E-state index in [-0.39, 0.29) is 0 Å². The minimum atomic E-state index is -1.11. The molecule has 23 heavy (non-hydrogen) atoms. The number of hydrogen-bond acceptors (Lipinski definition) is 4. The summed E-state index contributed by atoms with van der Waals surface area (Å²) >= 11 is 1.65. The van der Waals surface area contributed by atoms with Crippen molar-refractivity contribution in [2.45, 2.75) is 19.3 Å². The molecule has 1 aliphatic carbocycles. The molecular formula is C19H14NO2S-. The summed E-state index contributed by atoms with van der Waals surface area (Å²) in [4.78, 5) is 16.5. The van der Waals surface area contributed by atoms with Gasteiger partial charge in [0.2, 0.25) is 0 Å². The average molecular weight is 320 g/mol. The number of thiophene rings is 1. The largest absolute Gasteiger partial charge is 0.545 e. The molecule has 0 unspecified atom stereocenters. The minimum absolute atomic E-state index is 0.307. The van der Waals surface area contributed by atoms with Gasteiger partial charge in [-0.1, -0.05) is 18.2 Å². The lowest BCUT2D eigenvalue weighted by molar-refractivity contribution is -0.254. The lowest BCUT2D eigenvalue weighted by Gasteiger charge is -2.23. The summed E-state index contributed by atoms with van der Waals surface area (Å²) in [6.45, 7) is 0. The fourth-order valence-corrected chi connectivity index (χ4v) is 3.88. The van der Waals surface area contributed by atoms with Crippen LogP contribution in [0, 0.1) is 0 Å². The molecule has 4 heteroatoms. The number of carboxylic acids is 1. The van der Waals surface area contributed by atoms with Crippen LogP contribution in [0.5, 0.6) is 0 Å². The predicted molar refractivity (Wildman–Crippen MR) is 91.2 cm³/mol. The monoisotopic (exact) mass is 320 g/mol. The van der Waals surface area contributed by atoms with E-state index >= 15 is 0 Å². The number of hydrogen-bond donors (Lipinski definition) is 0. The van der Waals surface area contributed by atoms with Crippen LogP contribution in [0.4, 0.5) is 0 Å². The quantitative estimate of drug-likeness (QED) is 0.726. The van der Waals surface area contributed by atoms with Crippen molar-refractivity contribution in [3.63, 3.8) is 0 Å². The molecule has 3 nitrogen and oxygen atoms in total. The number of benzene rings is 1. The second-order valence-corrected chi connectivity index (χ2v) is 6.48. The van der Waals surface area contributed by atoms with E-state index in [2.05, 4.69) is 17.5 Å². The number of aromatic nitrogens is 1. The van der Waals surface area contributed by atoms with Crippen LogP contribution in [0.15, 0.2) is 41.1 Å². The molecular weight excluding hydrogens is 306 g/mol. The summed E-state index contributed by atoms with van der Waals surface area (Å²) in [7, 11) is 0. The van der Waals surface area contributed by atoms with Crippen molar-refractivity contribution in [1.29, 1.82) is 0 Å². The minimum Gasteiger partial charge on any atom is -0.545 e. The van der Waals surface area contributed by atoms with E-state index < -0.39 is 5.97 Å². The molecule has 0 bridgehead atoms. The first kappa shape index (κ1) is 14.2. The predicted octanol–water partition coefficient (Wildman–Crippen LogP) is 3.54. The molecule has 2 aromatic heterocycles. The van der Waals surface area contributed by atoms with Crippen LogP contribution in [0.2, 0.25) is 0 Å². The van der Waals surface area contributed by atoms with Crippen LogP contribution in [-0.4, -0.2) is 11.0 Å². The van der Waals surface area contributed by atoms with E-state index in [0.29, 0.717) is 16.5 Å². The second-order valence-electron chi connectivity index (χ2n) is 5.70. The van der Waals surface area contributed by atoms with E-state index in [1.807, 2.05) is 29.6 Å². The standard InChI is InChI=1S/C19H15NO2S/c21-19(22)17-14-5-1-2-7-16(14)20-18-13(4-3-6-15(17)18)10-12-8-9-23-11-12/h1-2,5,7-11H,3-4,6H2,(H,21,22)/p-1/b13-10-. The Bertz CT molecular complexity index is 926. The molecule has 2 heterocycles. The van der Waals surface area contributed by atoms with Crippen LogP contribution in [0.1, 0.15) is 40.0 Å². The Kier molecular flexibility index (Phi) is 3.46. The van der Waals surface area contributed by atoms with Crippen molar-refractivity contribution in [2.75, 3.05) is 0 Å². The molecule has 1 aromatic carbocycles. The Morgan fingerprint density at radius 1 is 1.22 bits per heavy atom. The number of para-hydroxylation sites is 1. The van der Waals surface area contributed by atoms with Gasteiger partial charge in [0.25, 0.3) is 0 Å². The number of carbonyl (C=O) groups excluding carboxylic acids is 1. The SMILES string of the molecule is O=C([O-])c1c2c(nc3ccccc13)/C(=C\c1ccsc1)CCC2. The summed E-state index contributed by atoms with van der Waals surface area (Å²) in [5.74, 6) is -1.11. The third-order valence-corrected chi connectivity index (χ3v) is 4.96. The van der Waals surface area contributed by atoms with Gasteiger partial charge in [-0.2, -0.15) is 11.3 Å². The van der Waals surface area contributed by atoms with Crippen molar-refractivity contribution in [1.82, 2.24) is 4.98 Å². The molecule has 114 valence electrons. The zero-order valence-corrected chi connectivity index (χ0v) is 13.2. The van der Waals surface area contributed by atoms with Crippen molar-refractivity contribution >= 4 is 39.9 Å². The highest BCUT2D eigenvalue weighted by Gasteiger charge is 2.21. The van der Waals surface area contributed by atoms with E-state index in [4.69, 9.17) is 4.98 Å². The number of rotatable bonds is 2. The summed E-state index contributed by atoms with van der Waals surface area (Å²) in [6.07, 6.45) is 4.71. The first-order chi connectivity index (χ1) is 11.2. The first-order valence-corrected chi connectivity index (χ1v) is 8.54. The fourth-order valence-electron chi connectivity index (χ4n) is 3.27. The number of nitrogens with zero attached hydrogens (tertiary/aromatic N) is 1. The molecule has 0 radical (unpaired) electrons. The van der Waals surface area contributed by atoms with Crippen molar-refractivity contribution in [3.05, 3.63) is 63.5 Å². The molecule has 0 N–H and O–H groups in total. The number of pyridine rings is 1. The molecule has 0 saturated carbocycles. The number of aromatic carboxylic acids is 1. The van der Waals surface area contributed by atoms with Gasteiger partial charge < -0.3 is 9.90 Å². The van der Waals surface area contributed by atoms with E-state index in [9.17, 15) is 9.90 Å². The van der Waals surface area contributed by atoms with Gasteiger partial charge in [-0.3, -0.25) is 0 Å². The van der Waals surface area contributed by atoms with Crippen molar-refractivity contribution < 1.29 is 9.90 Å². The normalized spacial score (nSPS) is 15.7. The van der Waals surface area contributed by atoms with Gasteiger partial charge in [0.05, 0.1) is 17.2 Å². The van der Waals surface area contributed by atoms with Gasteiger partial charge >= 0.3 is 0 Å². The van der Waals surface area contributed by atoms with E-state index in [0.717, 1.165) is 41.7 Å². The third kappa shape index (κ3) is 2.45. The Morgan fingerprint density at radius 3 is 2.87 bits per heavy atom. The Hall–Kier alpha value is -2.46. The van der Waals surface area contributed by atoms with Crippen LogP contribution < -0.4 is 5.11 Å². The zero-order chi connectivity index (χ0) is 15.8. The number of fused-ring (bicyclic) bond motifs is 2. The Morgan fingerprint density at radius 2 is 2.09 bits per heavy atom. The Labute approximate surface area is 137 Å². The van der Waals surface area contributed by atoms with Crippen LogP contribution in [0.3, 0.4) is 0 Å². The average Bonchev–Trinajstić information content (AvgIpc) is 3.06. The molecule has 0 saturated heterocycles. The summed E-state index contributed by atoms with van der Waals surface area (Å²) in [5, 5.41) is 16.5. The van der Waals surface area contributed by atoms with Crippen molar-refractivity contribution in [2.24, 2.45) is 0 Å². The maximum Gasteiger partial charge on any atom is 0.0725 e. The molecule has 0 amide bonds. The summed E-state index contributed by atoms with van der Waals surface area (Å²) in [6, 6.07) is 9.45. The topological polar surface area (TPSA) is 53.0 Å². The number of allylic oxidation sites excluding steroid dienone is 1. The smallest absolute Gasteiger partial charge is 0.0725 e. The van der Waals surface area contributed by atoms with Gasteiger partial charge in [0.15, 0.2) is 0 Å². The fraction of sp³-hybridized carbons (Fsp3) is 0.158. The number of carboxylic acid groups (broad SMARTS) is 1.